The minimum atomic E-state index is -1.07. The minimum Gasteiger partial charge on any atom is -0.399 e. The zero-order valence-electron chi connectivity index (χ0n) is 14.2. The fraction of sp³-hybridized carbons (Fsp3) is 0.300. The molecule has 4 nitrogen and oxygen atoms in total. The van der Waals surface area contributed by atoms with Gasteiger partial charge in [0.2, 0.25) is 5.91 Å². The maximum Gasteiger partial charge on any atom is 0.220 e. The quantitative estimate of drug-likeness (QED) is 0.632. The van der Waals surface area contributed by atoms with E-state index in [-0.39, 0.29) is 30.4 Å². The Morgan fingerprint density at radius 3 is 2.65 bits per heavy atom. The van der Waals surface area contributed by atoms with Crippen molar-refractivity contribution in [1.29, 1.82) is 0 Å². The van der Waals surface area contributed by atoms with Crippen molar-refractivity contribution in [1.82, 2.24) is 5.32 Å². The molecule has 1 unspecified atom stereocenters. The Bertz CT molecular complexity index is 852. The van der Waals surface area contributed by atoms with E-state index in [1.165, 1.54) is 6.07 Å². The molecule has 136 valence electrons. The Hall–Kier alpha value is -2.76. The average Bonchev–Trinajstić information content (AvgIpc) is 2.62. The molecule has 0 spiro atoms. The van der Waals surface area contributed by atoms with Gasteiger partial charge in [-0.25, -0.2) is 8.78 Å². The van der Waals surface area contributed by atoms with Gasteiger partial charge in [0, 0.05) is 24.1 Å². The molecule has 1 aliphatic rings. The maximum absolute atomic E-state index is 13.2. The zero-order valence-corrected chi connectivity index (χ0v) is 14.2. The Morgan fingerprint density at radius 2 is 1.88 bits per heavy atom. The number of rotatable bonds is 5. The Kier molecular flexibility index (Phi) is 5.30. The van der Waals surface area contributed by atoms with Gasteiger partial charge in [-0.1, -0.05) is 6.07 Å². The van der Waals surface area contributed by atoms with Crippen LogP contribution in [0, 0.1) is 11.6 Å². The van der Waals surface area contributed by atoms with E-state index < -0.39 is 17.4 Å². The Morgan fingerprint density at radius 1 is 1.08 bits per heavy atom. The van der Waals surface area contributed by atoms with Crippen molar-refractivity contribution in [3.8, 4) is 0 Å². The summed E-state index contributed by atoms with van der Waals surface area (Å²) >= 11 is 0. The number of fused-ring (bicyclic) bond motifs is 1. The third-order valence-electron chi connectivity index (χ3n) is 4.64. The van der Waals surface area contributed by atoms with Crippen molar-refractivity contribution in [2.45, 2.75) is 38.1 Å². The molecular formula is C20H20F2N2O2. The van der Waals surface area contributed by atoms with Crippen molar-refractivity contribution >= 4 is 17.4 Å². The van der Waals surface area contributed by atoms with Crippen LogP contribution in [-0.2, 0) is 11.2 Å². The molecule has 3 rings (SSSR count). The molecule has 0 saturated carbocycles. The van der Waals surface area contributed by atoms with Crippen LogP contribution in [-0.4, -0.2) is 11.7 Å². The molecule has 3 N–H and O–H groups in total. The van der Waals surface area contributed by atoms with E-state index >= 15 is 0 Å². The topological polar surface area (TPSA) is 72.2 Å². The van der Waals surface area contributed by atoms with E-state index in [4.69, 9.17) is 5.73 Å². The first-order valence-electron chi connectivity index (χ1n) is 8.60. The molecule has 0 aromatic heterocycles. The standard InChI is InChI=1S/C20H20F2N2O2/c21-16-7-4-13(11-17(16)22)19(25)8-9-20(26)24-18-3-1-2-12-10-14(23)5-6-15(12)18/h4-7,10-11,18H,1-3,8-9,23H2,(H,24,26). The molecular weight excluding hydrogens is 338 g/mol. The van der Waals surface area contributed by atoms with Gasteiger partial charge in [-0.2, -0.15) is 0 Å². The fourth-order valence-electron chi connectivity index (χ4n) is 3.29. The van der Waals surface area contributed by atoms with Crippen LogP contribution in [0.2, 0.25) is 0 Å². The lowest BCUT2D eigenvalue weighted by Gasteiger charge is -2.26. The zero-order chi connectivity index (χ0) is 18.7. The van der Waals surface area contributed by atoms with E-state index in [0.717, 1.165) is 42.5 Å². The number of aryl methyl sites for hydroxylation is 1. The molecule has 2 aromatic rings. The summed E-state index contributed by atoms with van der Waals surface area (Å²) in [5, 5.41) is 2.96. The van der Waals surface area contributed by atoms with E-state index in [9.17, 15) is 18.4 Å². The third kappa shape index (κ3) is 4.07. The van der Waals surface area contributed by atoms with Crippen LogP contribution in [0.3, 0.4) is 0 Å². The number of hydrogen-bond acceptors (Lipinski definition) is 3. The molecule has 6 heteroatoms. The highest BCUT2D eigenvalue weighted by Crippen LogP contribution is 2.31. The first-order valence-corrected chi connectivity index (χ1v) is 8.60. The van der Waals surface area contributed by atoms with Crippen LogP contribution in [0.4, 0.5) is 14.5 Å². The van der Waals surface area contributed by atoms with Crippen LogP contribution in [0.25, 0.3) is 0 Å². The van der Waals surface area contributed by atoms with Crippen LogP contribution in [0.5, 0.6) is 0 Å². The molecule has 0 heterocycles. The molecule has 0 bridgehead atoms. The molecule has 1 atom stereocenters. The van der Waals surface area contributed by atoms with Crippen molar-refractivity contribution in [3.63, 3.8) is 0 Å². The number of benzene rings is 2. The lowest BCUT2D eigenvalue weighted by Crippen LogP contribution is -2.31. The fourth-order valence-corrected chi connectivity index (χ4v) is 3.29. The lowest BCUT2D eigenvalue weighted by atomic mass is 9.87. The van der Waals surface area contributed by atoms with E-state index in [1.54, 1.807) is 0 Å². The summed E-state index contributed by atoms with van der Waals surface area (Å²) < 4.78 is 26.1. The lowest BCUT2D eigenvalue weighted by molar-refractivity contribution is -0.121. The summed E-state index contributed by atoms with van der Waals surface area (Å²) in [7, 11) is 0. The highest BCUT2D eigenvalue weighted by molar-refractivity contribution is 5.98. The van der Waals surface area contributed by atoms with Crippen molar-refractivity contribution in [3.05, 3.63) is 64.7 Å². The second-order valence-corrected chi connectivity index (χ2v) is 6.52. The van der Waals surface area contributed by atoms with Gasteiger partial charge in [0.25, 0.3) is 0 Å². The van der Waals surface area contributed by atoms with Crippen LogP contribution < -0.4 is 11.1 Å². The molecule has 0 fully saturated rings. The van der Waals surface area contributed by atoms with Crippen molar-refractivity contribution in [2.24, 2.45) is 0 Å². The van der Waals surface area contributed by atoms with Gasteiger partial charge in [0.15, 0.2) is 17.4 Å². The SMILES string of the molecule is Nc1ccc2c(c1)CCCC2NC(=O)CCC(=O)c1ccc(F)c(F)c1. The number of amides is 1. The maximum atomic E-state index is 13.2. The number of hydrogen-bond donors (Lipinski definition) is 2. The largest absolute Gasteiger partial charge is 0.399 e. The molecule has 1 aliphatic carbocycles. The van der Waals surface area contributed by atoms with Crippen molar-refractivity contribution in [2.75, 3.05) is 5.73 Å². The third-order valence-corrected chi connectivity index (χ3v) is 4.64. The molecule has 2 aromatic carbocycles. The van der Waals surface area contributed by atoms with Gasteiger partial charge in [-0.3, -0.25) is 9.59 Å². The number of carbonyl (C=O) groups excluding carboxylic acids is 2. The number of ketones is 1. The molecule has 0 aliphatic heterocycles. The molecule has 0 saturated heterocycles. The van der Waals surface area contributed by atoms with Crippen LogP contribution >= 0.6 is 0 Å². The highest BCUT2D eigenvalue weighted by Gasteiger charge is 2.22. The van der Waals surface area contributed by atoms with Gasteiger partial charge in [0.1, 0.15) is 0 Å². The molecule has 1 amide bonds. The van der Waals surface area contributed by atoms with E-state index in [0.29, 0.717) is 5.69 Å². The number of halogens is 2. The number of carbonyl (C=O) groups is 2. The van der Waals surface area contributed by atoms with Gasteiger partial charge < -0.3 is 11.1 Å². The molecule has 0 radical (unpaired) electrons. The summed E-state index contributed by atoms with van der Waals surface area (Å²) in [6.45, 7) is 0. The van der Waals surface area contributed by atoms with Gasteiger partial charge >= 0.3 is 0 Å². The predicted octanol–water partition coefficient (Wildman–Crippen LogP) is 3.70. The highest BCUT2D eigenvalue weighted by atomic mass is 19.2. The summed E-state index contributed by atoms with van der Waals surface area (Å²) in [5.74, 6) is -2.71. The second-order valence-electron chi connectivity index (χ2n) is 6.52. The second kappa shape index (κ2) is 7.64. The number of nitrogen functional groups attached to an aromatic ring is 1. The van der Waals surface area contributed by atoms with Crippen LogP contribution in [0.1, 0.15) is 53.2 Å². The minimum absolute atomic E-state index is 0.00135. The van der Waals surface area contributed by atoms with E-state index in [1.807, 2.05) is 18.2 Å². The predicted molar refractivity (Wildman–Crippen MR) is 94.6 cm³/mol. The van der Waals surface area contributed by atoms with Crippen molar-refractivity contribution < 1.29 is 18.4 Å². The van der Waals surface area contributed by atoms with Gasteiger partial charge in [0.05, 0.1) is 6.04 Å². The van der Waals surface area contributed by atoms with Crippen LogP contribution in [0.15, 0.2) is 36.4 Å². The number of Topliss-reactive ketones (excluding diaryl/α,β-unsaturated/α-hetero) is 1. The van der Waals surface area contributed by atoms with Gasteiger partial charge in [-0.05, 0) is 60.7 Å². The summed E-state index contributed by atoms with van der Waals surface area (Å²) in [6, 6.07) is 8.58. The first-order chi connectivity index (χ1) is 12.4. The Balaban J connectivity index is 1.58. The average molecular weight is 358 g/mol. The normalized spacial score (nSPS) is 16.0. The molecule has 26 heavy (non-hydrogen) atoms. The monoisotopic (exact) mass is 358 g/mol. The Labute approximate surface area is 150 Å². The van der Waals surface area contributed by atoms with Gasteiger partial charge in [-0.15, -0.1) is 0 Å². The number of nitrogens with two attached hydrogens (primary N) is 1. The summed E-state index contributed by atoms with van der Waals surface area (Å²) in [4.78, 5) is 24.3. The first kappa shape index (κ1) is 18.0. The smallest absolute Gasteiger partial charge is 0.220 e. The number of anilines is 1. The van der Waals surface area contributed by atoms with E-state index in [2.05, 4.69) is 5.32 Å². The summed E-state index contributed by atoms with van der Waals surface area (Å²) in [6.07, 6.45) is 2.66. The number of nitrogens with one attached hydrogen (secondary N) is 1. The summed E-state index contributed by atoms with van der Waals surface area (Å²) in [5.41, 5.74) is 8.78.